The van der Waals surface area contributed by atoms with Crippen LogP contribution in [-0.2, 0) is 4.79 Å². The van der Waals surface area contributed by atoms with E-state index in [1.807, 2.05) is 22.8 Å². The number of ether oxygens (including phenoxy) is 1. The van der Waals surface area contributed by atoms with E-state index in [9.17, 15) is 23.9 Å². The Morgan fingerprint density at radius 1 is 1.19 bits per heavy atom. The van der Waals surface area contributed by atoms with Crippen molar-refractivity contribution in [1.82, 2.24) is 24.8 Å². The lowest BCUT2D eigenvalue weighted by Crippen LogP contribution is -2.56. The van der Waals surface area contributed by atoms with Gasteiger partial charge < -0.3 is 24.5 Å². The van der Waals surface area contributed by atoms with E-state index in [2.05, 4.69) is 33.5 Å². The van der Waals surface area contributed by atoms with Crippen LogP contribution in [0.25, 0.3) is 32.9 Å². The molecule has 0 spiro atoms. The maximum absolute atomic E-state index is 17.1. The van der Waals surface area contributed by atoms with E-state index < -0.39 is 35.3 Å². The maximum Gasteiger partial charge on any atom is 0.319 e. The first kappa shape index (κ1) is 34.7. The number of phenolic OH excluding ortho intramolecular Hbond substituents is 1. The molecule has 1 N–H and O–H groups in total. The van der Waals surface area contributed by atoms with Crippen LogP contribution >= 0.6 is 0 Å². The van der Waals surface area contributed by atoms with Crippen LogP contribution < -0.4 is 14.5 Å². The van der Waals surface area contributed by atoms with Gasteiger partial charge in [-0.15, -0.1) is 6.42 Å². The second-order valence-corrected chi connectivity index (χ2v) is 14.1. The van der Waals surface area contributed by atoms with Crippen molar-refractivity contribution in [2.24, 2.45) is 5.92 Å². The number of piperazine rings is 1. The van der Waals surface area contributed by atoms with Crippen LogP contribution in [0.15, 0.2) is 67.5 Å². The van der Waals surface area contributed by atoms with Gasteiger partial charge in [-0.3, -0.25) is 9.78 Å². The summed E-state index contributed by atoms with van der Waals surface area (Å²) in [4.78, 5) is 36.4. The highest BCUT2D eigenvalue weighted by atomic mass is 19.1. The molecule has 5 atom stereocenters. The van der Waals surface area contributed by atoms with Crippen molar-refractivity contribution in [3.63, 3.8) is 0 Å². The van der Waals surface area contributed by atoms with Gasteiger partial charge in [-0.1, -0.05) is 24.6 Å². The van der Waals surface area contributed by atoms with E-state index in [1.165, 1.54) is 36.5 Å². The van der Waals surface area contributed by atoms with Crippen LogP contribution in [0.2, 0.25) is 0 Å². The Kier molecular flexibility index (Phi) is 8.49. The molecule has 272 valence electrons. The smallest absolute Gasteiger partial charge is 0.319 e. The molecule has 0 radical (unpaired) electrons. The van der Waals surface area contributed by atoms with Crippen LogP contribution in [-0.4, -0.2) is 85.9 Å². The Balaban J connectivity index is 1.26. The maximum atomic E-state index is 17.1. The topological polar surface area (TPSA) is 132 Å². The fourth-order valence-electron chi connectivity index (χ4n) is 8.30. The highest BCUT2D eigenvalue weighted by molar-refractivity contribution is 6.03. The Bertz CT molecular complexity index is 2440. The second-order valence-electron chi connectivity index (χ2n) is 14.1. The molecular weight excluding hydrogens is 697 g/mol. The van der Waals surface area contributed by atoms with E-state index >= 15 is 4.39 Å². The van der Waals surface area contributed by atoms with Crippen LogP contribution in [0.4, 0.5) is 24.8 Å². The van der Waals surface area contributed by atoms with Crippen molar-refractivity contribution in [3.8, 4) is 41.4 Å². The molecular formula is C40H33F3N8O3. The van der Waals surface area contributed by atoms with Crippen LogP contribution in [0, 0.1) is 41.2 Å². The van der Waals surface area contributed by atoms with E-state index in [0.29, 0.717) is 17.6 Å². The highest BCUT2D eigenvalue weighted by Gasteiger charge is 2.49. The monoisotopic (exact) mass is 730 g/mol. The van der Waals surface area contributed by atoms with Gasteiger partial charge in [0, 0.05) is 42.9 Å². The number of nitrogens with zero attached hydrogens (tertiary/aromatic N) is 8. The summed E-state index contributed by atoms with van der Waals surface area (Å²) in [5.74, 6) is 0.594. The van der Waals surface area contributed by atoms with E-state index in [-0.39, 0.29) is 95.3 Å². The number of aromatic hydroxyl groups is 1. The van der Waals surface area contributed by atoms with Gasteiger partial charge in [-0.2, -0.15) is 15.2 Å². The molecule has 3 aromatic heterocycles. The number of amides is 1. The summed E-state index contributed by atoms with van der Waals surface area (Å²) < 4.78 is 53.3. The van der Waals surface area contributed by atoms with Gasteiger partial charge in [-0.05, 0) is 55.1 Å². The molecule has 14 heteroatoms. The van der Waals surface area contributed by atoms with Gasteiger partial charge in [0.05, 0.1) is 47.1 Å². The lowest BCUT2D eigenvalue weighted by atomic mass is 9.96. The minimum absolute atomic E-state index is 0.0457. The van der Waals surface area contributed by atoms with E-state index in [4.69, 9.17) is 16.1 Å². The predicted octanol–water partition coefficient (Wildman–Crippen LogP) is 5.71. The van der Waals surface area contributed by atoms with Gasteiger partial charge in [0.1, 0.15) is 47.2 Å². The van der Waals surface area contributed by atoms with Crippen molar-refractivity contribution < 1.29 is 27.8 Å². The van der Waals surface area contributed by atoms with Gasteiger partial charge in [-0.25, -0.2) is 18.2 Å². The van der Waals surface area contributed by atoms with Crippen molar-refractivity contribution in [1.29, 1.82) is 5.26 Å². The number of benzene rings is 2. The zero-order valence-electron chi connectivity index (χ0n) is 29.1. The van der Waals surface area contributed by atoms with E-state index in [1.54, 1.807) is 23.2 Å². The molecule has 2 aromatic carbocycles. The van der Waals surface area contributed by atoms with Crippen molar-refractivity contribution in [3.05, 3.63) is 84.7 Å². The normalized spacial score (nSPS) is 23.4. The number of halogens is 3. The molecule has 11 nitrogen and oxygen atoms in total. The quantitative estimate of drug-likeness (QED) is 0.164. The first-order valence-electron chi connectivity index (χ1n) is 17.4. The molecule has 1 unspecified atom stereocenters. The van der Waals surface area contributed by atoms with Crippen molar-refractivity contribution >= 4 is 39.2 Å². The molecule has 8 rings (SSSR count). The predicted molar refractivity (Wildman–Crippen MR) is 195 cm³/mol. The summed E-state index contributed by atoms with van der Waals surface area (Å²) in [5.41, 5.74) is -1.40. The molecule has 3 aliphatic rings. The number of hydrogen-bond acceptors (Lipinski definition) is 10. The minimum Gasteiger partial charge on any atom is -0.508 e. The number of fused-ring (bicyclic) bond motifs is 4. The summed E-state index contributed by atoms with van der Waals surface area (Å²) >= 11 is 0. The molecule has 2 bridgehead atoms. The summed E-state index contributed by atoms with van der Waals surface area (Å²) in [6.07, 6.45) is 9.34. The van der Waals surface area contributed by atoms with Crippen LogP contribution in [0.3, 0.4) is 0 Å². The number of phenols is 1. The number of carbonyl (C=O) groups is 1. The first-order valence-corrected chi connectivity index (χ1v) is 17.4. The van der Waals surface area contributed by atoms with Gasteiger partial charge in [0.15, 0.2) is 5.82 Å². The first-order chi connectivity index (χ1) is 26.0. The third kappa shape index (κ3) is 5.66. The number of rotatable bonds is 7. The Morgan fingerprint density at radius 2 is 2.02 bits per heavy atom. The third-order valence-corrected chi connectivity index (χ3v) is 10.7. The Hall–Kier alpha value is -6.41. The number of nitriles is 1. The zero-order chi connectivity index (χ0) is 37.9. The average Bonchev–Trinajstić information content (AvgIpc) is 3.60. The van der Waals surface area contributed by atoms with Gasteiger partial charge in [0.2, 0.25) is 5.91 Å². The summed E-state index contributed by atoms with van der Waals surface area (Å²) in [5, 5.41) is 21.4. The number of aromatic nitrogens is 4. The van der Waals surface area contributed by atoms with Gasteiger partial charge >= 0.3 is 6.01 Å². The summed E-state index contributed by atoms with van der Waals surface area (Å²) in [6.45, 7) is 5.95. The summed E-state index contributed by atoms with van der Waals surface area (Å²) in [7, 11) is 0. The molecule has 3 saturated heterocycles. The number of anilines is 2. The molecule has 3 aliphatic heterocycles. The van der Waals surface area contributed by atoms with Crippen LogP contribution in [0.1, 0.15) is 25.3 Å². The fraction of sp³-hybridized carbons (Fsp3) is 0.300. The lowest BCUT2D eigenvalue weighted by molar-refractivity contribution is -0.129. The summed E-state index contributed by atoms with van der Waals surface area (Å²) in [6, 6.07) is 11.9. The average molecular weight is 731 g/mol. The van der Waals surface area contributed by atoms with Crippen molar-refractivity contribution in [2.45, 2.75) is 43.6 Å². The third-order valence-electron chi connectivity index (χ3n) is 10.7. The lowest BCUT2D eigenvalue weighted by Gasteiger charge is -2.41. The SMILES string of the molecule is C#Cc1c(F)ccc2cc(O)cc(-c3ncc4c(N5C[C@H]6CC(C#N)[C@@H](C5)N6C(=O)C=C)nc(OC[C@]5(C)C[C@@H](F)CN5c5ccccn5)nc4c3F)c12. The van der Waals surface area contributed by atoms with Gasteiger partial charge in [0.25, 0.3) is 0 Å². The number of carbonyl (C=O) groups excluding carboxylic acids is 1. The Morgan fingerprint density at radius 3 is 2.76 bits per heavy atom. The minimum atomic E-state index is -1.16. The molecule has 5 aromatic rings. The number of terminal acetylenes is 1. The Labute approximate surface area is 308 Å². The molecule has 0 saturated carbocycles. The molecule has 54 heavy (non-hydrogen) atoms. The molecule has 0 aliphatic carbocycles. The number of alkyl halides is 1. The highest BCUT2D eigenvalue weighted by Crippen LogP contribution is 2.42. The fourth-order valence-corrected chi connectivity index (χ4v) is 8.30. The van der Waals surface area contributed by atoms with E-state index in [0.717, 1.165) is 0 Å². The second kappa shape index (κ2) is 13.2. The van der Waals surface area contributed by atoms with Crippen molar-refractivity contribution in [2.75, 3.05) is 36.0 Å². The standard InChI is InChI=1S/C40H33F3N8O3/c1-4-27-30(42)10-9-22-13-26(52)14-28(34(22)27)36-35(43)37-29(17-46-36)38(49-19-25-12-23(16-44)31(20-49)51(25)33(53)5-2)48-39(47-37)54-21-40(3)15-24(41)18-50(40)32-8-6-7-11-45-32/h1,5-11,13-14,17,23-25,31,52H,2,12,15,18-21H2,3H3/t23?,24-,25-,31-,40+/m1/s1. The van der Waals surface area contributed by atoms with Crippen LogP contribution in [0.5, 0.6) is 11.8 Å². The molecule has 3 fully saturated rings. The largest absolute Gasteiger partial charge is 0.508 e. The zero-order valence-corrected chi connectivity index (χ0v) is 29.1. The molecule has 6 heterocycles. The number of hydrogen-bond donors (Lipinski definition) is 1. The number of pyridine rings is 2. The molecule has 1 amide bonds.